The molecule has 1 aromatic heterocycles. The normalized spacial score (nSPS) is 12.3. The predicted molar refractivity (Wildman–Crippen MR) is 64.0 cm³/mol. The summed E-state index contributed by atoms with van der Waals surface area (Å²) < 4.78 is 0. The summed E-state index contributed by atoms with van der Waals surface area (Å²) in [4.78, 5) is 4.14. The molecule has 0 aliphatic rings. The third kappa shape index (κ3) is 2.91. The number of aromatic nitrogens is 1. The lowest BCUT2D eigenvalue weighted by atomic mass is 10.0. The Balaban J connectivity index is 1.92. The average Bonchev–Trinajstić information content (AvgIpc) is 2.38. The summed E-state index contributed by atoms with van der Waals surface area (Å²) in [6.07, 6.45) is 2.82. The van der Waals surface area contributed by atoms with Crippen molar-refractivity contribution >= 4 is 0 Å². The van der Waals surface area contributed by atoms with Gasteiger partial charge in [-0.05, 0) is 30.5 Å². The van der Waals surface area contributed by atoms with Crippen molar-refractivity contribution in [3.05, 3.63) is 66.0 Å². The van der Waals surface area contributed by atoms with Gasteiger partial charge < -0.3 is 5.11 Å². The van der Waals surface area contributed by atoms with Crippen molar-refractivity contribution in [2.45, 2.75) is 18.9 Å². The van der Waals surface area contributed by atoms with E-state index in [9.17, 15) is 5.11 Å². The van der Waals surface area contributed by atoms with Gasteiger partial charge >= 0.3 is 0 Å². The number of hydrogen-bond acceptors (Lipinski definition) is 2. The van der Waals surface area contributed by atoms with Gasteiger partial charge in [-0.25, -0.2) is 0 Å². The van der Waals surface area contributed by atoms with E-state index in [0.29, 0.717) is 6.42 Å². The summed E-state index contributed by atoms with van der Waals surface area (Å²) in [6, 6.07) is 15.8. The molecule has 1 atom stereocenters. The zero-order valence-electron chi connectivity index (χ0n) is 9.08. The second-order valence-corrected chi connectivity index (χ2v) is 3.79. The van der Waals surface area contributed by atoms with Crippen molar-refractivity contribution in [3.63, 3.8) is 0 Å². The molecular weight excluding hydrogens is 198 g/mol. The minimum absolute atomic E-state index is 0.471. The first-order chi connectivity index (χ1) is 7.86. The molecule has 16 heavy (non-hydrogen) atoms. The van der Waals surface area contributed by atoms with Crippen molar-refractivity contribution in [2.24, 2.45) is 0 Å². The number of aliphatic hydroxyl groups is 1. The highest BCUT2D eigenvalue weighted by molar-refractivity contribution is 5.15. The van der Waals surface area contributed by atoms with Crippen LogP contribution in [0.4, 0.5) is 0 Å². The van der Waals surface area contributed by atoms with Gasteiger partial charge in [-0.15, -0.1) is 0 Å². The molecule has 0 spiro atoms. The van der Waals surface area contributed by atoms with Crippen LogP contribution < -0.4 is 0 Å². The van der Waals surface area contributed by atoms with E-state index < -0.39 is 6.10 Å². The largest absolute Gasteiger partial charge is 0.387 e. The fourth-order valence-corrected chi connectivity index (χ4v) is 1.67. The predicted octanol–water partition coefficient (Wildman–Crippen LogP) is 2.75. The van der Waals surface area contributed by atoms with Gasteiger partial charge in [0, 0.05) is 6.20 Å². The second kappa shape index (κ2) is 5.42. The van der Waals surface area contributed by atoms with E-state index in [-0.39, 0.29) is 0 Å². The maximum absolute atomic E-state index is 9.92. The number of benzene rings is 1. The Morgan fingerprint density at radius 2 is 1.75 bits per heavy atom. The summed E-state index contributed by atoms with van der Waals surface area (Å²) in [5, 5.41) is 9.92. The summed E-state index contributed by atoms with van der Waals surface area (Å²) in [6.45, 7) is 0. The second-order valence-electron chi connectivity index (χ2n) is 3.79. The molecule has 0 aliphatic heterocycles. The van der Waals surface area contributed by atoms with Crippen LogP contribution in [0.1, 0.15) is 23.8 Å². The van der Waals surface area contributed by atoms with Gasteiger partial charge in [-0.1, -0.05) is 36.4 Å². The molecule has 1 heterocycles. The first-order valence-corrected chi connectivity index (χ1v) is 5.49. The van der Waals surface area contributed by atoms with Gasteiger partial charge in [0.25, 0.3) is 0 Å². The van der Waals surface area contributed by atoms with Crippen LogP contribution in [0.3, 0.4) is 0 Å². The topological polar surface area (TPSA) is 33.1 Å². The lowest BCUT2D eigenvalue weighted by Gasteiger charge is -2.09. The van der Waals surface area contributed by atoms with Crippen LogP contribution in [-0.2, 0) is 6.42 Å². The molecule has 2 rings (SSSR count). The van der Waals surface area contributed by atoms with Crippen LogP contribution in [0.5, 0.6) is 0 Å². The van der Waals surface area contributed by atoms with Crippen LogP contribution in [0, 0.1) is 0 Å². The smallest absolute Gasteiger partial charge is 0.0962 e. The molecular formula is C14H15NO. The maximum Gasteiger partial charge on any atom is 0.0962 e. The Labute approximate surface area is 95.6 Å². The van der Waals surface area contributed by atoms with Crippen LogP contribution >= 0.6 is 0 Å². The monoisotopic (exact) mass is 213 g/mol. The van der Waals surface area contributed by atoms with E-state index in [4.69, 9.17) is 0 Å². The van der Waals surface area contributed by atoms with E-state index in [0.717, 1.165) is 12.1 Å². The van der Waals surface area contributed by atoms with E-state index in [1.54, 1.807) is 6.20 Å². The molecule has 2 nitrogen and oxygen atoms in total. The Morgan fingerprint density at radius 3 is 2.44 bits per heavy atom. The highest BCUT2D eigenvalue weighted by Crippen LogP contribution is 2.16. The highest BCUT2D eigenvalue weighted by Gasteiger charge is 2.07. The van der Waals surface area contributed by atoms with E-state index in [2.05, 4.69) is 17.1 Å². The average molecular weight is 213 g/mol. The molecule has 2 heteroatoms. The van der Waals surface area contributed by atoms with Crippen LogP contribution in [-0.4, -0.2) is 10.1 Å². The fraction of sp³-hybridized carbons (Fsp3) is 0.214. The van der Waals surface area contributed by atoms with Crippen molar-refractivity contribution in [1.82, 2.24) is 4.98 Å². The first-order valence-electron chi connectivity index (χ1n) is 5.49. The minimum Gasteiger partial charge on any atom is -0.387 e. The molecule has 0 saturated carbocycles. The molecule has 2 aromatic rings. The Bertz CT molecular complexity index is 413. The summed E-state index contributed by atoms with van der Waals surface area (Å²) in [5.41, 5.74) is 2.00. The minimum atomic E-state index is -0.471. The van der Waals surface area contributed by atoms with Gasteiger partial charge in [0.2, 0.25) is 0 Å². The molecule has 0 radical (unpaired) electrons. The number of rotatable bonds is 4. The van der Waals surface area contributed by atoms with E-state index in [1.165, 1.54) is 5.56 Å². The fourth-order valence-electron chi connectivity index (χ4n) is 1.67. The zero-order chi connectivity index (χ0) is 11.2. The summed E-state index contributed by atoms with van der Waals surface area (Å²) in [7, 11) is 0. The lowest BCUT2D eigenvalue weighted by molar-refractivity contribution is 0.163. The van der Waals surface area contributed by atoms with E-state index in [1.807, 2.05) is 36.4 Å². The SMILES string of the molecule is OC(CCc1ccccc1)c1ccccn1. The number of aryl methyl sites for hydroxylation is 1. The molecule has 0 bridgehead atoms. The molecule has 0 saturated heterocycles. The number of nitrogens with zero attached hydrogens (tertiary/aromatic N) is 1. The van der Waals surface area contributed by atoms with Crippen molar-refractivity contribution in [2.75, 3.05) is 0 Å². The molecule has 1 unspecified atom stereocenters. The van der Waals surface area contributed by atoms with Crippen molar-refractivity contribution in [3.8, 4) is 0 Å². The van der Waals surface area contributed by atoms with Gasteiger partial charge in [0.1, 0.15) is 0 Å². The Hall–Kier alpha value is -1.67. The third-order valence-electron chi connectivity index (χ3n) is 2.58. The lowest BCUT2D eigenvalue weighted by Crippen LogP contribution is -2.01. The van der Waals surface area contributed by atoms with E-state index >= 15 is 0 Å². The van der Waals surface area contributed by atoms with Crippen LogP contribution in [0.25, 0.3) is 0 Å². The van der Waals surface area contributed by atoms with Gasteiger partial charge in [-0.3, -0.25) is 4.98 Å². The number of aliphatic hydroxyl groups excluding tert-OH is 1. The van der Waals surface area contributed by atoms with Crippen LogP contribution in [0.15, 0.2) is 54.7 Å². The van der Waals surface area contributed by atoms with Crippen molar-refractivity contribution < 1.29 is 5.11 Å². The molecule has 1 N–H and O–H groups in total. The molecule has 0 aliphatic carbocycles. The molecule has 82 valence electrons. The third-order valence-corrected chi connectivity index (χ3v) is 2.58. The zero-order valence-corrected chi connectivity index (χ0v) is 9.08. The quantitative estimate of drug-likeness (QED) is 0.847. The molecule has 0 fully saturated rings. The number of hydrogen-bond donors (Lipinski definition) is 1. The Kier molecular flexibility index (Phi) is 3.67. The van der Waals surface area contributed by atoms with Crippen LogP contribution in [0.2, 0.25) is 0 Å². The van der Waals surface area contributed by atoms with Gasteiger partial charge in [0.15, 0.2) is 0 Å². The number of pyridine rings is 1. The maximum atomic E-state index is 9.92. The standard InChI is InChI=1S/C14H15NO/c16-14(13-8-4-5-11-15-13)10-9-12-6-2-1-3-7-12/h1-8,11,14,16H,9-10H2. The summed E-state index contributed by atoms with van der Waals surface area (Å²) >= 11 is 0. The first kappa shape index (κ1) is 10.8. The molecule has 0 amide bonds. The highest BCUT2D eigenvalue weighted by atomic mass is 16.3. The van der Waals surface area contributed by atoms with Crippen molar-refractivity contribution in [1.29, 1.82) is 0 Å². The van der Waals surface area contributed by atoms with Gasteiger partial charge in [0.05, 0.1) is 11.8 Å². The molecule has 1 aromatic carbocycles. The Morgan fingerprint density at radius 1 is 1.00 bits per heavy atom. The summed E-state index contributed by atoms with van der Waals surface area (Å²) in [5.74, 6) is 0. The van der Waals surface area contributed by atoms with Gasteiger partial charge in [-0.2, -0.15) is 0 Å².